The largest absolute Gasteiger partial charge is 0.459 e. The Kier molecular flexibility index (Phi) is 3.27. The molecule has 0 bridgehead atoms. The highest BCUT2D eigenvalue weighted by molar-refractivity contribution is 5.76. The third-order valence-electron chi connectivity index (χ3n) is 1.76. The number of ether oxygens (including phenoxy) is 1. The van der Waals surface area contributed by atoms with Crippen molar-refractivity contribution in [3.63, 3.8) is 0 Å². The van der Waals surface area contributed by atoms with Gasteiger partial charge in [-0.05, 0) is 33.6 Å². The summed E-state index contributed by atoms with van der Waals surface area (Å²) in [7, 11) is 0. The third kappa shape index (κ3) is 3.74. The second-order valence-electron chi connectivity index (χ2n) is 4.30. The Hall–Kier alpha value is -0.610. The molecule has 1 atom stereocenters. The van der Waals surface area contributed by atoms with Crippen LogP contribution < -0.4 is 10.9 Å². The summed E-state index contributed by atoms with van der Waals surface area (Å²) >= 11 is 0. The van der Waals surface area contributed by atoms with E-state index in [9.17, 15) is 4.79 Å². The first-order chi connectivity index (χ1) is 5.99. The van der Waals surface area contributed by atoms with Gasteiger partial charge in [-0.2, -0.15) is 0 Å². The maximum Gasteiger partial charge on any atom is 0.325 e. The van der Waals surface area contributed by atoms with Crippen LogP contribution in [-0.4, -0.2) is 24.2 Å². The van der Waals surface area contributed by atoms with E-state index in [0.29, 0.717) is 0 Å². The van der Waals surface area contributed by atoms with Crippen LogP contribution in [-0.2, 0) is 9.53 Å². The van der Waals surface area contributed by atoms with Gasteiger partial charge in [0.1, 0.15) is 11.6 Å². The van der Waals surface area contributed by atoms with Gasteiger partial charge in [0.15, 0.2) is 0 Å². The lowest BCUT2D eigenvalue weighted by atomic mass is 10.1. The Bertz CT molecular complexity index is 181. The normalized spacial score (nSPS) is 24.1. The SMILES string of the molecule is CC(C)(C)OC(=O)C1CCCNN1. The monoisotopic (exact) mass is 186 g/mol. The zero-order valence-corrected chi connectivity index (χ0v) is 8.52. The van der Waals surface area contributed by atoms with Crippen molar-refractivity contribution in [1.29, 1.82) is 0 Å². The molecule has 0 amide bonds. The van der Waals surface area contributed by atoms with Crippen molar-refractivity contribution in [2.45, 2.75) is 45.3 Å². The number of hydrogen-bond acceptors (Lipinski definition) is 4. The van der Waals surface area contributed by atoms with Crippen molar-refractivity contribution >= 4 is 5.97 Å². The van der Waals surface area contributed by atoms with Crippen molar-refractivity contribution in [2.75, 3.05) is 6.54 Å². The van der Waals surface area contributed by atoms with Crippen LogP contribution in [0.25, 0.3) is 0 Å². The van der Waals surface area contributed by atoms with E-state index in [2.05, 4.69) is 10.9 Å². The highest BCUT2D eigenvalue weighted by atomic mass is 16.6. The summed E-state index contributed by atoms with van der Waals surface area (Å²) in [6, 6.07) is -0.187. The molecule has 0 saturated carbocycles. The number of hydrogen-bond donors (Lipinski definition) is 2. The Morgan fingerprint density at radius 2 is 2.15 bits per heavy atom. The van der Waals surface area contributed by atoms with E-state index in [0.717, 1.165) is 19.4 Å². The Morgan fingerprint density at radius 3 is 2.62 bits per heavy atom. The summed E-state index contributed by atoms with van der Waals surface area (Å²) < 4.78 is 5.24. The first kappa shape index (κ1) is 10.5. The predicted molar refractivity (Wildman–Crippen MR) is 50.0 cm³/mol. The van der Waals surface area contributed by atoms with E-state index < -0.39 is 5.60 Å². The van der Waals surface area contributed by atoms with Gasteiger partial charge in [0, 0.05) is 6.54 Å². The molecular weight excluding hydrogens is 168 g/mol. The van der Waals surface area contributed by atoms with E-state index in [4.69, 9.17) is 4.74 Å². The van der Waals surface area contributed by atoms with Crippen LogP contribution in [0.2, 0.25) is 0 Å². The Balaban J connectivity index is 2.38. The minimum absolute atomic E-state index is 0.167. The summed E-state index contributed by atoms with van der Waals surface area (Å²) in [5, 5.41) is 0. The molecule has 1 heterocycles. The average Bonchev–Trinajstić information content (AvgIpc) is 2.03. The zero-order valence-electron chi connectivity index (χ0n) is 8.52. The molecule has 4 heteroatoms. The van der Waals surface area contributed by atoms with Crippen LogP contribution in [0.5, 0.6) is 0 Å². The molecule has 13 heavy (non-hydrogen) atoms. The van der Waals surface area contributed by atoms with Crippen LogP contribution in [0.3, 0.4) is 0 Å². The molecule has 0 aromatic rings. The topological polar surface area (TPSA) is 50.4 Å². The molecule has 1 aliphatic rings. The van der Waals surface area contributed by atoms with Crippen molar-refractivity contribution in [3.05, 3.63) is 0 Å². The van der Waals surface area contributed by atoms with Crippen LogP contribution >= 0.6 is 0 Å². The predicted octanol–water partition coefficient (Wildman–Crippen LogP) is 0.585. The molecule has 1 fully saturated rings. The van der Waals surface area contributed by atoms with Crippen LogP contribution in [0.15, 0.2) is 0 Å². The summed E-state index contributed by atoms with van der Waals surface area (Å²) in [5.41, 5.74) is 5.47. The number of rotatable bonds is 1. The van der Waals surface area contributed by atoms with Crippen LogP contribution in [0.1, 0.15) is 33.6 Å². The lowest BCUT2D eigenvalue weighted by Crippen LogP contribution is -2.51. The van der Waals surface area contributed by atoms with Gasteiger partial charge in [0.05, 0.1) is 0 Å². The Morgan fingerprint density at radius 1 is 1.46 bits per heavy atom. The number of hydrazine groups is 1. The third-order valence-corrected chi connectivity index (χ3v) is 1.76. The molecule has 0 spiro atoms. The maximum absolute atomic E-state index is 11.5. The van der Waals surface area contributed by atoms with E-state index >= 15 is 0 Å². The lowest BCUT2D eigenvalue weighted by Gasteiger charge is -2.27. The fourth-order valence-electron chi connectivity index (χ4n) is 1.21. The molecule has 1 saturated heterocycles. The molecule has 1 unspecified atom stereocenters. The van der Waals surface area contributed by atoms with Gasteiger partial charge >= 0.3 is 5.97 Å². The van der Waals surface area contributed by atoms with E-state index in [-0.39, 0.29) is 12.0 Å². The molecule has 1 aliphatic heterocycles. The fraction of sp³-hybridized carbons (Fsp3) is 0.889. The van der Waals surface area contributed by atoms with Gasteiger partial charge in [-0.15, -0.1) is 0 Å². The molecule has 76 valence electrons. The van der Waals surface area contributed by atoms with E-state index in [1.807, 2.05) is 20.8 Å². The quantitative estimate of drug-likeness (QED) is 0.588. The smallest absolute Gasteiger partial charge is 0.325 e. The second-order valence-corrected chi connectivity index (χ2v) is 4.30. The Labute approximate surface area is 79.0 Å². The van der Waals surface area contributed by atoms with Crippen molar-refractivity contribution in [3.8, 4) is 0 Å². The lowest BCUT2D eigenvalue weighted by molar-refractivity contribution is -0.158. The first-order valence-corrected chi connectivity index (χ1v) is 4.70. The van der Waals surface area contributed by atoms with Gasteiger partial charge < -0.3 is 4.74 Å². The minimum atomic E-state index is -0.393. The highest BCUT2D eigenvalue weighted by Crippen LogP contribution is 2.11. The van der Waals surface area contributed by atoms with E-state index in [1.54, 1.807) is 0 Å². The van der Waals surface area contributed by atoms with E-state index in [1.165, 1.54) is 0 Å². The zero-order chi connectivity index (χ0) is 9.90. The van der Waals surface area contributed by atoms with Crippen molar-refractivity contribution < 1.29 is 9.53 Å². The van der Waals surface area contributed by atoms with Gasteiger partial charge in [-0.1, -0.05) is 0 Å². The van der Waals surface area contributed by atoms with Crippen molar-refractivity contribution in [1.82, 2.24) is 10.9 Å². The molecule has 1 rings (SSSR count). The van der Waals surface area contributed by atoms with Crippen LogP contribution in [0, 0.1) is 0 Å². The van der Waals surface area contributed by atoms with Crippen molar-refractivity contribution in [2.24, 2.45) is 0 Å². The summed E-state index contributed by atoms with van der Waals surface area (Å²) in [5.74, 6) is -0.167. The van der Waals surface area contributed by atoms with Crippen LogP contribution in [0.4, 0.5) is 0 Å². The molecule has 0 aromatic carbocycles. The summed E-state index contributed by atoms with van der Waals surface area (Å²) in [4.78, 5) is 11.5. The molecule has 0 radical (unpaired) electrons. The molecule has 0 aliphatic carbocycles. The van der Waals surface area contributed by atoms with Gasteiger partial charge in [-0.3, -0.25) is 10.2 Å². The number of carbonyl (C=O) groups excluding carboxylic acids is 1. The van der Waals surface area contributed by atoms with Gasteiger partial charge in [-0.25, -0.2) is 5.43 Å². The van der Waals surface area contributed by atoms with Gasteiger partial charge in [0.2, 0.25) is 0 Å². The second kappa shape index (κ2) is 4.07. The summed E-state index contributed by atoms with van der Waals surface area (Å²) in [6.45, 7) is 6.54. The molecular formula is C9H18N2O2. The first-order valence-electron chi connectivity index (χ1n) is 4.70. The fourth-order valence-corrected chi connectivity index (χ4v) is 1.21. The van der Waals surface area contributed by atoms with Gasteiger partial charge in [0.25, 0.3) is 0 Å². The molecule has 4 nitrogen and oxygen atoms in total. The number of esters is 1. The summed E-state index contributed by atoms with van der Waals surface area (Å²) in [6.07, 6.45) is 1.86. The number of nitrogens with one attached hydrogen (secondary N) is 2. The average molecular weight is 186 g/mol. The number of carbonyl (C=O) groups is 1. The highest BCUT2D eigenvalue weighted by Gasteiger charge is 2.25. The molecule has 2 N–H and O–H groups in total. The maximum atomic E-state index is 11.5. The standard InChI is InChI=1S/C9H18N2O2/c1-9(2,3)13-8(12)7-5-4-6-10-11-7/h7,10-11H,4-6H2,1-3H3. The molecule has 0 aromatic heterocycles. The minimum Gasteiger partial charge on any atom is -0.459 e.